The Morgan fingerprint density at radius 3 is 2.94 bits per heavy atom. The molecule has 0 aromatic heterocycles. The van der Waals surface area contributed by atoms with Crippen LogP contribution in [0.1, 0.15) is 39.5 Å². The molecule has 4 heteroatoms. The van der Waals surface area contributed by atoms with Crippen molar-refractivity contribution in [3.8, 4) is 0 Å². The molecule has 1 fully saturated rings. The van der Waals surface area contributed by atoms with Gasteiger partial charge in [0.15, 0.2) is 0 Å². The monoisotopic (exact) mass is 259 g/mol. The third-order valence-corrected chi connectivity index (χ3v) is 4.61. The number of aliphatic hydroxyl groups is 1. The van der Waals surface area contributed by atoms with Gasteiger partial charge in [-0.3, -0.25) is 4.79 Å². The maximum absolute atomic E-state index is 12.1. The minimum absolute atomic E-state index is 0.211. The van der Waals surface area contributed by atoms with E-state index < -0.39 is 0 Å². The van der Waals surface area contributed by atoms with E-state index in [-0.39, 0.29) is 18.4 Å². The summed E-state index contributed by atoms with van der Waals surface area (Å²) in [6.07, 6.45) is 4.65. The Hall–Kier alpha value is -0.220. The summed E-state index contributed by atoms with van der Waals surface area (Å²) in [6.45, 7) is 5.32. The largest absolute Gasteiger partial charge is 0.396 e. The molecule has 1 aliphatic heterocycles. The molecule has 0 saturated carbocycles. The summed E-state index contributed by atoms with van der Waals surface area (Å²) in [5.41, 5.74) is 0. The van der Waals surface area contributed by atoms with Gasteiger partial charge in [0.2, 0.25) is 5.91 Å². The molecule has 100 valence electrons. The molecule has 1 heterocycles. The second-order valence-corrected chi connectivity index (χ2v) is 5.98. The topological polar surface area (TPSA) is 40.5 Å². The van der Waals surface area contributed by atoms with Crippen LogP contribution >= 0.6 is 11.8 Å². The van der Waals surface area contributed by atoms with Crippen LogP contribution < -0.4 is 0 Å². The number of thioether (sulfide) groups is 1. The van der Waals surface area contributed by atoms with Crippen LogP contribution in [0.5, 0.6) is 0 Å². The van der Waals surface area contributed by atoms with Crippen LogP contribution in [0.15, 0.2) is 0 Å². The van der Waals surface area contributed by atoms with Crippen molar-refractivity contribution in [2.45, 2.75) is 45.6 Å². The van der Waals surface area contributed by atoms with Gasteiger partial charge in [-0.15, -0.1) is 0 Å². The number of carbonyl (C=O) groups excluding carboxylic acids is 1. The number of carbonyl (C=O) groups is 1. The molecule has 3 nitrogen and oxygen atoms in total. The lowest BCUT2D eigenvalue weighted by Gasteiger charge is -2.35. The highest BCUT2D eigenvalue weighted by atomic mass is 32.2. The molecule has 17 heavy (non-hydrogen) atoms. The van der Waals surface area contributed by atoms with Crippen molar-refractivity contribution in [3.63, 3.8) is 0 Å². The zero-order valence-corrected chi connectivity index (χ0v) is 11.8. The molecule has 1 N–H and O–H groups in total. The van der Waals surface area contributed by atoms with Gasteiger partial charge in [0.1, 0.15) is 0 Å². The summed E-state index contributed by atoms with van der Waals surface area (Å²) in [5.74, 6) is 2.01. The molecule has 2 atom stereocenters. The number of likely N-dealkylation sites (tertiary alicyclic amines) is 1. The van der Waals surface area contributed by atoms with Gasteiger partial charge in [-0.1, -0.05) is 13.8 Å². The van der Waals surface area contributed by atoms with E-state index in [1.165, 1.54) is 12.8 Å². The van der Waals surface area contributed by atoms with Crippen LogP contribution in [-0.2, 0) is 4.79 Å². The SMILES string of the molecule is CCC1CCCCN1C(=O)CSCC(C)CO. The molecule has 0 aromatic carbocycles. The van der Waals surface area contributed by atoms with Gasteiger partial charge in [-0.05, 0) is 37.4 Å². The number of aliphatic hydroxyl groups excluding tert-OH is 1. The fraction of sp³-hybridized carbons (Fsp3) is 0.923. The normalized spacial score (nSPS) is 22.5. The number of rotatable bonds is 6. The zero-order chi connectivity index (χ0) is 12.7. The summed E-state index contributed by atoms with van der Waals surface area (Å²) in [4.78, 5) is 14.1. The van der Waals surface area contributed by atoms with Crippen molar-refractivity contribution in [1.82, 2.24) is 4.90 Å². The van der Waals surface area contributed by atoms with Gasteiger partial charge in [0.05, 0.1) is 5.75 Å². The van der Waals surface area contributed by atoms with E-state index in [0.29, 0.717) is 11.8 Å². The molecule has 1 saturated heterocycles. The summed E-state index contributed by atoms with van der Waals surface area (Å²) in [7, 11) is 0. The Morgan fingerprint density at radius 2 is 2.29 bits per heavy atom. The van der Waals surface area contributed by atoms with Crippen LogP contribution in [-0.4, -0.2) is 46.6 Å². The molecule has 0 radical (unpaired) electrons. The summed E-state index contributed by atoms with van der Waals surface area (Å²) in [5, 5.41) is 8.92. The molecule has 0 bridgehead atoms. The van der Waals surface area contributed by atoms with Crippen LogP contribution in [0.3, 0.4) is 0 Å². The highest BCUT2D eigenvalue weighted by Gasteiger charge is 2.24. The van der Waals surface area contributed by atoms with Crippen LogP contribution in [0.2, 0.25) is 0 Å². The van der Waals surface area contributed by atoms with Crippen molar-refractivity contribution < 1.29 is 9.90 Å². The van der Waals surface area contributed by atoms with E-state index in [1.54, 1.807) is 11.8 Å². The van der Waals surface area contributed by atoms with E-state index >= 15 is 0 Å². The first kappa shape index (κ1) is 14.8. The molecular formula is C13H25NO2S. The minimum atomic E-state index is 0.211. The molecule has 1 aliphatic rings. The average Bonchev–Trinajstić information content (AvgIpc) is 2.38. The Labute approximate surface area is 109 Å². The van der Waals surface area contributed by atoms with E-state index in [2.05, 4.69) is 11.8 Å². The molecule has 0 aliphatic carbocycles. The van der Waals surface area contributed by atoms with E-state index in [0.717, 1.165) is 25.1 Å². The maximum atomic E-state index is 12.1. The zero-order valence-electron chi connectivity index (χ0n) is 11.0. The van der Waals surface area contributed by atoms with E-state index in [9.17, 15) is 4.79 Å². The third kappa shape index (κ3) is 4.88. The molecule has 0 aromatic rings. The molecule has 1 amide bonds. The third-order valence-electron chi connectivity index (χ3n) is 3.36. The average molecular weight is 259 g/mol. The standard InChI is InChI=1S/C13H25NO2S/c1-3-12-6-4-5-7-14(12)13(16)10-17-9-11(2)8-15/h11-12,15H,3-10H2,1-2H3. The first-order valence-corrected chi connectivity index (χ1v) is 7.82. The van der Waals surface area contributed by atoms with Gasteiger partial charge < -0.3 is 10.0 Å². The van der Waals surface area contributed by atoms with Crippen LogP contribution in [0.25, 0.3) is 0 Å². The van der Waals surface area contributed by atoms with Crippen molar-refractivity contribution >= 4 is 17.7 Å². The maximum Gasteiger partial charge on any atom is 0.232 e. The second-order valence-electron chi connectivity index (χ2n) is 4.95. The van der Waals surface area contributed by atoms with Gasteiger partial charge in [-0.25, -0.2) is 0 Å². The highest BCUT2D eigenvalue weighted by Crippen LogP contribution is 2.20. The quantitative estimate of drug-likeness (QED) is 0.794. The molecule has 2 unspecified atom stereocenters. The Kier molecular flexibility index (Phi) is 6.97. The lowest BCUT2D eigenvalue weighted by Crippen LogP contribution is -2.44. The first-order chi connectivity index (χ1) is 8.19. The van der Waals surface area contributed by atoms with Crippen molar-refractivity contribution in [3.05, 3.63) is 0 Å². The lowest BCUT2D eigenvalue weighted by molar-refractivity contribution is -0.132. The Morgan fingerprint density at radius 1 is 1.53 bits per heavy atom. The summed E-state index contributed by atoms with van der Waals surface area (Å²) in [6, 6.07) is 0.465. The number of nitrogens with zero attached hydrogens (tertiary/aromatic N) is 1. The highest BCUT2D eigenvalue weighted by molar-refractivity contribution is 7.99. The number of hydrogen-bond acceptors (Lipinski definition) is 3. The Bertz CT molecular complexity index is 235. The van der Waals surface area contributed by atoms with E-state index in [4.69, 9.17) is 5.11 Å². The fourth-order valence-electron chi connectivity index (χ4n) is 2.24. The van der Waals surface area contributed by atoms with Crippen molar-refractivity contribution in [1.29, 1.82) is 0 Å². The van der Waals surface area contributed by atoms with Crippen molar-refractivity contribution in [2.75, 3.05) is 24.7 Å². The number of hydrogen-bond donors (Lipinski definition) is 1. The van der Waals surface area contributed by atoms with Crippen molar-refractivity contribution in [2.24, 2.45) is 5.92 Å². The smallest absolute Gasteiger partial charge is 0.232 e. The summed E-state index contributed by atoms with van der Waals surface area (Å²) >= 11 is 1.65. The van der Waals surface area contributed by atoms with Gasteiger partial charge in [0, 0.05) is 19.2 Å². The first-order valence-electron chi connectivity index (χ1n) is 6.67. The summed E-state index contributed by atoms with van der Waals surface area (Å²) < 4.78 is 0. The molecular weight excluding hydrogens is 234 g/mol. The molecule has 1 rings (SSSR count). The fourth-order valence-corrected chi connectivity index (χ4v) is 3.20. The lowest BCUT2D eigenvalue weighted by atomic mass is 10.0. The number of piperidine rings is 1. The predicted molar refractivity (Wildman–Crippen MR) is 73.2 cm³/mol. The second kappa shape index (κ2) is 7.98. The Balaban J connectivity index is 2.30. The van der Waals surface area contributed by atoms with Gasteiger partial charge >= 0.3 is 0 Å². The molecule has 0 spiro atoms. The van der Waals surface area contributed by atoms with Crippen LogP contribution in [0.4, 0.5) is 0 Å². The van der Waals surface area contributed by atoms with Gasteiger partial charge in [-0.2, -0.15) is 11.8 Å². The van der Waals surface area contributed by atoms with Gasteiger partial charge in [0.25, 0.3) is 0 Å². The predicted octanol–water partition coefficient (Wildman–Crippen LogP) is 2.14. The van der Waals surface area contributed by atoms with E-state index in [1.807, 2.05) is 6.92 Å². The minimum Gasteiger partial charge on any atom is -0.396 e. The van der Waals surface area contributed by atoms with Crippen LogP contribution in [0, 0.1) is 5.92 Å². The number of amides is 1.